The number of nitrogens with one attached hydrogen (secondary N) is 1. The molecule has 1 fully saturated rings. The van der Waals surface area contributed by atoms with E-state index in [0.717, 1.165) is 22.7 Å². The number of sulfonamides is 1. The average Bonchev–Trinajstić information content (AvgIpc) is 2.99. The Morgan fingerprint density at radius 3 is 2.53 bits per heavy atom. The largest absolute Gasteiger partial charge is 0.480 e. The molecule has 0 atom stereocenters. The number of ketones is 1. The molecular formula is C30H27ClFN5O5S. The molecule has 0 aliphatic carbocycles. The van der Waals surface area contributed by atoms with E-state index < -0.39 is 20.7 Å². The molecule has 10 nitrogen and oxygen atoms in total. The predicted molar refractivity (Wildman–Crippen MR) is 160 cm³/mol. The Labute approximate surface area is 252 Å². The second-order valence-corrected chi connectivity index (χ2v) is 12.0. The van der Waals surface area contributed by atoms with E-state index >= 15 is 0 Å². The quantitative estimate of drug-likeness (QED) is 0.267. The summed E-state index contributed by atoms with van der Waals surface area (Å²) >= 11 is 6.01. The van der Waals surface area contributed by atoms with Gasteiger partial charge in [-0.25, -0.2) is 27.8 Å². The number of methoxy groups -OCH3 is 1. The molecule has 0 saturated carbocycles. The number of benzene rings is 2. The number of rotatable bonds is 8. The fourth-order valence-electron chi connectivity index (χ4n) is 5.03. The van der Waals surface area contributed by atoms with Gasteiger partial charge in [-0.05, 0) is 61.7 Å². The molecule has 0 radical (unpaired) electrons. The van der Waals surface area contributed by atoms with Gasteiger partial charge in [-0.2, -0.15) is 0 Å². The molecular weight excluding hydrogens is 597 g/mol. The highest BCUT2D eigenvalue weighted by atomic mass is 35.5. The van der Waals surface area contributed by atoms with Crippen LogP contribution in [0.3, 0.4) is 0 Å². The van der Waals surface area contributed by atoms with Gasteiger partial charge in [0, 0.05) is 42.2 Å². The number of halogens is 2. The number of hydrogen-bond acceptors (Lipinski definition) is 8. The van der Waals surface area contributed by atoms with Crippen molar-refractivity contribution >= 4 is 49.9 Å². The number of anilines is 1. The second kappa shape index (κ2) is 12.4. The summed E-state index contributed by atoms with van der Waals surface area (Å²) in [4.78, 5) is 37.9. The molecule has 5 rings (SSSR count). The van der Waals surface area contributed by atoms with E-state index in [4.69, 9.17) is 16.3 Å². The van der Waals surface area contributed by atoms with E-state index in [2.05, 4.69) is 19.7 Å². The van der Waals surface area contributed by atoms with Gasteiger partial charge in [0.05, 0.1) is 23.3 Å². The highest BCUT2D eigenvalue weighted by Crippen LogP contribution is 2.36. The number of amides is 1. The van der Waals surface area contributed by atoms with Gasteiger partial charge in [-0.15, -0.1) is 0 Å². The van der Waals surface area contributed by atoms with Crippen LogP contribution in [-0.4, -0.2) is 60.2 Å². The van der Waals surface area contributed by atoms with E-state index in [1.54, 1.807) is 11.0 Å². The molecule has 13 heteroatoms. The van der Waals surface area contributed by atoms with E-state index in [9.17, 15) is 22.4 Å². The highest BCUT2D eigenvalue weighted by Gasteiger charge is 2.27. The van der Waals surface area contributed by atoms with Crippen molar-refractivity contribution in [1.29, 1.82) is 0 Å². The van der Waals surface area contributed by atoms with Crippen LogP contribution in [0.4, 0.5) is 10.1 Å². The molecule has 222 valence electrons. The molecule has 0 spiro atoms. The third-order valence-corrected chi connectivity index (χ3v) is 9.00. The number of aromatic nitrogens is 3. The Morgan fingerprint density at radius 2 is 1.84 bits per heavy atom. The SMILES string of the molecule is COc1ncc(-c2ccc3ncnc(C4CCN(C(=O)/C=C/C(C)=O)CC4)c3c2)cc1NS(=O)(=O)c1c(F)cccc1Cl. The molecule has 1 saturated heterocycles. The topological polar surface area (TPSA) is 131 Å². The summed E-state index contributed by atoms with van der Waals surface area (Å²) in [7, 11) is -3.09. The maximum absolute atomic E-state index is 14.4. The van der Waals surface area contributed by atoms with Crippen LogP contribution in [0.25, 0.3) is 22.0 Å². The molecule has 1 N–H and O–H groups in total. The Kier molecular flexibility index (Phi) is 8.69. The van der Waals surface area contributed by atoms with E-state index in [0.29, 0.717) is 37.1 Å². The maximum atomic E-state index is 14.4. The van der Waals surface area contributed by atoms with Crippen LogP contribution in [-0.2, 0) is 19.6 Å². The van der Waals surface area contributed by atoms with Gasteiger partial charge in [0.2, 0.25) is 11.8 Å². The second-order valence-electron chi connectivity index (χ2n) is 9.97. The number of ether oxygens (including phenoxy) is 1. The van der Waals surface area contributed by atoms with Crippen LogP contribution in [0.2, 0.25) is 5.02 Å². The number of nitrogens with zero attached hydrogens (tertiary/aromatic N) is 4. The first-order chi connectivity index (χ1) is 20.6. The number of piperidine rings is 1. The summed E-state index contributed by atoms with van der Waals surface area (Å²) in [5.41, 5.74) is 2.85. The van der Waals surface area contributed by atoms with Gasteiger partial charge >= 0.3 is 0 Å². The van der Waals surface area contributed by atoms with E-state index in [-0.39, 0.29) is 34.2 Å². The van der Waals surface area contributed by atoms with Crippen LogP contribution in [0.15, 0.2) is 72.0 Å². The minimum atomic E-state index is -4.43. The number of likely N-dealkylation sites (tertiary alicyclic amines) is 1. The number of carbonyl (C=O) groups is 2. The molecule has 4 aromatic rings. The third-order valence-electron chi connectivity index (χ3n) is 7.13. The van der Waals surface area contributed by atoms with Gasteiger partial charge in [0.15, 0.2) is 5.78 Å². The van der Waals surface area contributed by atoms with Crippen LogP contribution in [0.5, 0.6) is 5.88 Å². The first-order valence-corrected chi connectivity index (χ1v) is 15.2. The lowest BCUT2D eigenvalue weighted by Crippen LogP contribution is -2.37. The zero-order valence-electron chi connectivity index (χ0n) is 23.3. The number of hydrogen-bond donors (Lipinski definition) is 1. The van der Waals surface area contributed by atoms with E-state index in [1.807, 2.05) is 18.2 Å². The van der Waals surface area contributed by atoms with Crippen molar-refractivity contribution in [2.75, 3.05) is 24.9 Å². The van der Waals surface area contributed by atoms with Crippen molar-refractivity contribution in [2.24, 2.45) is 0 Å². The van der Waals surface area contributed by atoms with Crippen LogP contribution in [0.1, 0.15) is 31.4 Å². The van der Waals surface area contributed by atoms with Crippen LogP contribution >= 0.6 is 11.6 Å². The number of fused-ring (bicyclic) bond motifs is 1. The van der Waals surface area contributed by atoms with Crippen LogP contribution in [0, 0.1) is 5.82 Å². The standard InChI is InChI=1S/C30H27ClFN5O5S/c1-18(38)6-9-27(39)37-12-10-19(11-13-37)28-22-14-20(7-8-25(22)34-17-35-28)21-15-26(30(42-2)33-16-21)36-43(40,41)29-23(31)4-3-5-24(29)32/h3-9,14-17,19,36H,10-13H2,1-2H3/b9-6+. The molecule has 2 aromatic carbocycles. The first-order valence-electron chi connectivity index (χ1n) is 13.3. The third kappa shape index (κ3) is 6.50. The minimum absolute atomic E-state index is 0.000173. The zero-order chi connectivity index (χ0) is 30.7. The fraction of sp³-hybridized carbons (Fsp3) is 0.233. The number of pyridine rings is 1. The van der Waals surface area contributed by atoms with Crippen molar-refractivity contribution in [2.45, 2.75) is 30.6 Å². The monoisotopic (exact) mass is 623 g/mol. The van der Waals surface area contributed by atoms with Crippen molar-refractivity contribution in [1.82, 2.24) is 19.9 Å². The summed E-state index contributed by atoms with van der Waals surface area (Å²) in [5, 5.41) is 0.553. The molecule has 2 aromatic heterocycles. The van der Waals surface area contributed by atoms with Crippen LogP contribution < -0.4 is 9.46 Å². The van der Waals surface area contributed by atoms with Crippen molar-refractivity contribution in [3.05, 3.63) is 83.7 Å². The van der Waals surface area contributed by atoms with E-state index in [1.165, 1.54) is 50.8 Å². The minimum Gasteiger partial charge on any atom is -0.480 e. The maximum Gasteiger partial charge on any atom is 0.266 e. The number of allylic oxidation sites excluding steroid dienone is 1. The molecule has 1 aliphatic heterocycles. The van der Waals surface area contributed by atoms with Gasteiger partial charge in [-0.1, -0.05) is 23.7 Å². The van der Waals surface area contributed by atoms with Gasteiger partial charge in [0.25, 0.3) is 10.0 Å². The summed E-state index contributed by atoms with van der Waals surface area (Å²) in [5.74, 6) is -1.31. The molecule has 43 heavy (non-hydrogen) atoms. The smallest absolute Gasteiger partial charge is 0.266 e. The molecule has 1 aliphatic rings. The van der Waals surface area contributed by atoms with Gasteiger partial charge < -0.3 is 9.64 Å². The highest BCUT2D eigenvalue weighted by molar-refractivity contribution is 7.92. The molecule has 1 amide bonds. The lowest BCUT2D eigenvalue weighted by molar-refractivity contribution is -0.127. The summed E-state index contributed by atoms with van der Waals surface area (Å²) in [6, 6.07) is 10.7. The fourth-order valence-corrected chi connectivity index (χ4v) is 6.68. The first kappa shape index (κ1) is 30.1. The lowest BCUT2D eigenvalue weighted by atomic mass is 9.90. The predicted octanol–water partition coefficient (Wildman–Crippen LogP) is 5.14. The molecule has 0 unspecified atom stereocenters. The zero-order valence-corrected chi connectivity index (χ0v) is 24.8. The Morgan fingerprint density at radius 1 is 1.07 bits per heavy atom. The Bertz CT molecular complexity index is 1840. The Balaban J connectivity index is 1.45. The van der Waals surface area contributed by atoms with Gasteiger partial charge in [0.1, 0.15) is 22.7 Å². The van der Waals surface area contributed by atoms with Crippen molar-refractivity contribution in [3.8, 4) is 17.0 Å². The Hall–Kier alpha value is -4.42. The van der Waals surface area contributed by atoms with Gasteiger partial charge in [-0.3, -0.25) is 14.3 Å². The molecule has 0 bridgehead atoms. The summed E-state index contributed by atoms with van der Waals surface area (Å²) in [6.45, 7) is 2.44. The average molecular weight is 624 g/mol. The molecule has 3 heterocycles. The van der Waals surface area contributed by atoms with Crippen molar-refractivity contribution in [3.63, 3.8) is 0 Å². The normalized spacial score (nSPS) is 14.3. The van der Waals surface area contributed by atoms with Crippen molar-refractivity contribution < 1.29 is 27.1 Å². The lowest BCUT2D eigenvalue weighted by Gasteiger charge is -2.31. The number of carbonyl (C=O) groups excluding carboxylic acids is 2. The summed E-state index contributed by atoms with van der Waals surface area (Å²) < 4.78 is 48.3. The summed E-state index contributed by atoms with van der Waals surface area (Å²) in [6.07, 6.45) is 7.00.